The number of hydrogen-bond donors (Lipinski definition) is 3. The first-order chi connectivity index (χ1) is 18.3. The number of ether oxygens (including phenoxy) is 1. The maximum absolute atomic E-state index is 14.4. The lowest BCUT2D eigenvalue weighted by Crippen LogP contribution is -2.16. The van der Waals surface area contributed by atoms with Crippen molar-refractivity contribution in [3.63, 3.8) is 0 Å². The fourth-order valence-electron chi connectivity index (χ4n) is 4.04. The summed E-state index contributed by atoms with van der Waals surface area (Å²) in [7, 11) is 0. The molecule has 0 fully saturated rings. The van der Waals surface area contributed by atoms with Crippen molar-refractivity contribution in [1.82, 2.24) is 10.2 Å². The van der Waals surface area contributed by atoms with E-state index in [2.05, 4.69) is 20.8 Å². The monoisotopic (exact) mass is 516 g/mol. The van der Waals surface area contributed by atoms with E-state index in [0.29, 0.717) is 46.3 Å². The number of benzene rings is 3. The summed E-state index contributed by atoms with van der Waals surface area (Å²) in [5.41, 5.74) is 1.69. The van der Waals surface area contributed by atoms with Gasteiger partial charge < -0.3 is 15.4 Å². The Bertz CT molecular complexity index is 1520. The van der Waals surface area contributed by atoms with Crippen LogP contribution in [0, 0.1) is 5.82 Å². The third-order valence-electron chi connectivity index (χ3n) is 5.78. The van der Waals surface area contributed by atoms with E-state index >= 15 is 0 Å². The highest BCUT2D eigenvalue weighted by Gasteiger charge is 2.13. The number of para-hydroxylation sites is 2. The first kappa shape index (κ1) is 26.5. The Kier molecular flexibility index (Phi) is 8.47. The van der Waals surface area contributed by atoms with Crippen LogP contribution in [0.25, 0.3) is 10.8 Å². The van der Waals surface area contributed by atoms with Gasteiger partial charge in [0.2, 0.25) is 11.8 Å². The van der Waals surface area contributed by atoms with Gasteiger partial charge in [-0.15, -0.1) is 0 Å². The van der Waals surface area contributed by atoms with Crippen LogP contribution in [-0.2, 0) is 16.0 Å². The number of aromatic amines is 1. The maximum Gasteiger partial charge on any atom is 0.272 e. The van der Waals surface area contributed by atoms with Gasteiger partial charge in [-0.3, -0.25) is 14.4 Å². The number of hydrogen-bond acceptors (Lipinski definition) is 5. The van der Waals surface area contributed by atoms with Gasteiger partial charge in [-0.25, -0.2) is 9.49 Å². The van der Waals surface area contributed by atoms with Crippen molar-refractivity contribution in [3.8, 4) is 5.75 Å². The Labute approximate surface area is 219 Å². The molecule has 196 valence electrons. The zero-order chi connectivity index (χ0) is 27.1. The smallest absolute Gasteiger partial charge is 0.272 e. The quantitative estimate of drug-likeness (QED) is 0.269. The van der Waals surface area contributed by atoms with Crippen LogP contribution in [-0.4, -0.2) is 28.1 Å². The third-order valence-corrected chi connectivity index (χ3v) is 5.78. The lowest BCUT2D eigenvalue weighted by Gasteiger charge is -2.14. The van der Waals surface area contributed by atoms with Crippen LogP contribution < -0.4 is 20.9 Å². The van der Waals surface area contributed by atoms with Crippen LogP contribution in [0.4, 0.5) is 15.8 Å². The molecule has 0 aliphatic carbocycles. The molecule has 0 spiro atoms. The number of carbonyl (C=O) groups excluding carboxylic acids is 2. The van der Waals surface area contributed by atoms with Crippen molar-refractivity contribution in [2.75, 3.05) is 10.6 Å². The molecule has 0 radical (unpaired) electrons. The van der Waals surface area contributed by atoms with E-state index in [1.54, 1.807) is 42.5 Å². The first-order valence-corrected chi connectivity index (χ1v) is 12.4. The summed E-state index contributed by atoms with van der Waals surface area (Å²) in [5.74, 6) is -0.633. The molecular formula is C29H29FN4O4. The highest BCUT2D eigenvalue weighted by molar-refractivity contribution is 5.94. The van der Waals surface area contributed by atoms with Crippen LogP contribution in [0.15, 0.2) is 71.5 Å². The van der Waals surface area contributed by atoms with Crippen LogP contribution >= 0.6 is 0 Å². The number of halogens is 1. The highest BCUT2D eigenvalue weighted by Crippen LogP contribution is 2.25. The minimum Gasteiger partial charge on any atom is -0.489 e. The summed E-state index contributed by atoms with van der Waals surface area (Å²) < 4.78 is 20.1. The molecule has 0 atom stereocenters. The second-order valence-corrected chi connectivity index (χ2v) is 9.15. The van der Waals surface area contributed by atoms with E-state index in [4.69, 9.17) is 4.74 Å². The number of fused-ring (bicyclic) bond motifs is 1. The molecule has 2 amide bonds. The van der Waals surface area contributed by atoms with Gasteiger partial charge in [-0.1, -0.05) is 36.4 Å². The molecule has 1 aromatic heterocycles. The number of H-pyrrole nitrogens is 1. The molecule has 3 N–H and O–H groups in total. The van der Waals surface area contributed by atoms with Crippen LogP contribution in [0.1, 0.15) is 44.4 Å². The summed E-state index contributed by atoms with van der Waals surface area (Å²) in [5, 5.41) is 13.3. The minimum absolute atomic E-state index is 0.0389. The van der Waals surface area contributed by atoms with Crippen LogP contribution in [0.3, 0.4) is 0 Å². The predicted molar refractivity (Wildman–Crippen MR) is 145 cm³/mol. The van der Waals surface area contributed by atoms with Crippen molar-refractivity contribution >= 4 is 34.0 Å². The molecule has 0 aliphatic heterocycles. The zero-order valence-electron chi connectivity index (χ0n) is 21.2. The molecule has 0 aliphatic rings. The molecule has 0 bridgehead atoms. The molecule has 38 heavy (non-hydrogen) atoms. The van der Waals surface area contributed by atoms with Crippen molar-refractivity contribution in [1.29, 1.82) is 0 Å². The molecule has 1 heterocycles. The minimum atomic E-state index is -0.569. The topological polar surface area (TPSA) is 113 Å². The van der Waals surface area contributed by atoms with Crippen LogP contribution in [0.5, 0.6) is 5.75 Å². The molecule has 3 aromatic carbocycles. The van der Waals surface area contributed by atoms with Gasteiger partial charge in [0, 0.05) is 24.6 Å². The number of aromatic nitrogens is 2. The van der Waals surface area contributed by atoms with Gasteiger partial charge in [-0.2, -0.15) is 5.10 Å². The Morgan fingerprint density at radius 3 is 2.32 bits per heavy atom. The summed E-state index contributed by atoms with van der Waals surface area (Å²) in [4.78, 5) is 36.9. The predicted octanol–water partition coefficient (Wildman–Crippen LogP) is 5.19. The number of amides is 2. The Morgan fingerprint density at radius 1 is 0.921 bits per heavy atom. The average molecular weight is 517 g/mol. The van der Waals surface area contributed by atoms with E-state index in [9.17, 15) is 18.8 Å². The number of carbonyl (C=O) groups is 2. The molecule has 0 saturated heterocycles. The first-order valence-electron chi connectivity index (χ1n) is 12.4. The number of nitrogens with one attached hydrogen (secondary N) is 3. The molecule has 9 heteroatoms. The second kappa shape index (κ2) is 12.1. The average Bonchev–Trinajstić information content (AvgIpc) is 2.89. The van der Waals surface area contributed by atoms with E-state index in [-0.39, 0.29) is 36.1 Å². The summed E-state index contributed by atoms with van der Waals surface area (Å²) in [6.45, 7) is 3.80. The lowest BCUT2D eigenvalue weighted by atomic mass is 10.0. The fourth-order valence-corrected chi connectivity index (χ4v) is 4.04. The van der Waals surface area contributed by atoms with E-state index in [1.807, 2.05) is 32.0 Å². The molecule has 0 saturated carbocycles. The molecule has 0 unspecified atom stereocenters. The SMILES string of the molecule is CC(C)Oc1ccccc1NC(=O)CCCC(=O)Nc1cc(Cc2n[nH]c(=O)c3ccccc23)ccc1F. The molecular weight excluding hydrogens is 487 g/mol. The Balaban J connectivity index is 1.33. The van der Waals surface area contributed by atoms with Crippen molar-refractivity contribution in [3.05, 3.63) is 94.2 Å². The van der Waals surface area contributed by atoms with Gasteiger partial charge in [0.15, 0.2) is 0 Å². The Hall–Kier alpha value is -4.53. The lowest BCUT2D eigenvalue weighted by molar-refractivity contribution is -0.117. The Morgan fingerprint density at radius 2 is 1.58 bits per heavy atom. The molecule has 4 rings (SSSR count). The summed E-state index contributed by atoms with van der Waals surface area (Å²) in [6, 6.07) is 18.7. The number of anilines is 2. The number of nitrogens with zero attached hydrogens (tertiary/aromatic N) is 1. The van der Waals surface area contributed by atoms with Crippen molar-refractivity contribution < 1.29 is 18.7 Å². The summed E-state index contributed by atoms with van der Waals surface area (Å²) in [6.07, 6.45) is 0.759. The maximum atomic E-state index is 14.4. The zero-order valence-corrected chi connectivity index (χ0v) is 21.2. The second-order valence-electron chi connectivity index (χ2n) is 9.15. The van der Waals surface area contributed by atoms with Crippen molar-refractivity contribution in [2.24, 2.45) is 0 Å². The van der Waals surface area contributed by atoms with Crippen LogP contribution in [0.2, 0.25) is 0 Å². The van der Waals surface area contributed by atoms with Gasteiger partial charge in [0.05, 0.1) is 28.6 Å². The standard InChI is InChI=1S/C29H29FN4O4/c1-18(2)38-26-11-6-5-10-23(26)31-27(35)12-7-13-28(36)32-25-17-19(14-15-22(25)30)16-24-20-8-3-4-9-21(20)29(37)34-33-24/h3-6,8-11,14-15,17-18H,7,12-13,16H2,1-2H3,(H,31,35)(H,32,36)(H,34,37). The van der Waals surface area contributed by atoms with Gasteiger partial charge >= 0.3 is 0 Å². The summed E-state index contributed by atoms with van der Waals surface area (Å²) >= 11 is 0. The van der Waals surface area contributed by atoms with Gasteiger partial charge in [0.1, 0.15) is 11.6 Å². The fraction of sp³-hybridized carbons (Fsp3) is 0.241. The normalized spacial score (nSPS) is 10.9. The van der Waals surface area contributed by atoms with E-state index < -0.39 is 11.7 Å². The van der Waals surface area contributed by atoms with E-state index in [0.717, 1.165) is 0 Å². The van der Waals surface area contributed by atoms with Crippen molar-refractivity contribution in [2.45, 2.75) is 45.6 Å². The van der Waals surface area contributed by atoms with Gasteiger partial charge in [0.25, 0.3) is 5.56 Å². The highest BCUT2D eigenvalue weighted by atomic mass is 19.1. The molecule has 4 aromatic rings. The molecule has 8 nitrogen and oxygen atoms in total. The van der Waals surface area contributed by atoms with Gasteiger partial charge in [-0.05, 0) is 56.2 Å². The number of rotatable bonds is 10. The van der Waals surface area contributed by atoms with E-state index in [1.165, 1.54) is 6.07 Å². The largest absolute Gasteiger partial charge is 0.489 e. The third kappa shape index (κ3) is 6.82.